The number of ether oxygens (including phenoxy) is 4. The van der Waals surface area contributed by atoms with Crippen LogP contribution in [0, 0.1) is 17.3 Å². The van der Waals surface area contributed by atoms with Gasteiger partial charge in [-0.1, -0.05) is 27.7 Å². The van der Waals surface area contributed by atoms with Gasteiger partial charge in [0.1, 0.15) is 0 Å². The lowest BCUT2D eigenvalue weighted by Gasteiger charge is -2.48. The van der Waals surface area contributed by atoms with Gasteiger partial charge in [-0.15, -0.1) is 0 Å². The Bertz CT molecular complexity index is 460. The van der Waals surface area contributed by atoms with E-state index in [1.165, 1.54) is 0 Å². The number of esters is 2. The first-order valence-corrected chi connectivity index (χ1v) is 8.85. The van der Waals surface area contributed by atoms with Crippen LogP contribution in [0.2, 0.25) is 0 Å². The van der Waals surface area contributed by atoms with Gasteiger partial charge in [-0.05, 0) is 31.6 Å². The van der Waals surface area contributed by atoms with Crippen molar-refractivity contribution in [3.05, 3.63) is 0 Å². The van der Waals surface area contributed by atoms with E-state index in [-0.39, 0.29) is 24.5 Å². The van der Waals surface area contributed by atoms with Crippen molar-refractivity contribution in [1.82, 2.24) is 0 Å². The fourth-order valence-electron chi connectivity index (χ4n) is 3.75. The topological polar surface area (TPSA) is 71.1 Å². The first-order valence-electron chi connectivity index (χ1n) is 8.85. The Morgan fingerprint density at radius 2 is 1.38 bits per heavy atom. The maximum atomic E-state index is 12.3. The normalized spacial score (nSPS) is 34.1. The van der Waals surface area contributed by atoms with Crippen molar-refractivity contribution in [2.24, 2.45) is 17.3 Å². The SMILES string of the molecule is CCOC(=O)[C@H]1OC2(C[C@H](C)C(C)(C)C[C@H]2C)O[C@@H]1C(=O)OCC. The predicted molar refractivity (Wildman–Crippen MR) is 87.1 cm³/mol. The van der Waals surface area contributed by atoms with Gasteiger partial charge in [-0.3, -0.25) is 0 Å². The maximum Gasteiger partial charge on any atom is 0.338 e. The van der Waals surface area contributed by atoms with Gasteiger partial charge in [0.05, 0.1) is 13.2 Å². The molecule has 2 rings (SSSR count). The second-order valence-electron chi connectivity index (χ2n) is 7.59. The van der Waals surface area contributed by atoms with Crippen molar-refractivity contribution in [3.63, 3.8) is 0 Å². The molecule has 1 heterocycles. The minimum absolute atomic E-state index is 0.0556. The van der Waals surface area contributed by atoms with Crippen LogP contribution in [0.4, 0.5) is 0 Å². The number of hydrogen-bond acceptors (Lipinski definition) is 6. The summed E-state index contributed by atoms with van der Waals surface area (Å²) in [5, 5.41) is 0. The summed E-state index contributed by atoms with van der Waals surface area (Å²) < 4.78 is 22.3. The molecule has 24 heavy (non-hydrogen) atoms. The van der Waals surface area contributed by atoms with E-state index in [2.05, 4.69) is 20.8 Å². The van der Waals surface area contributed by atoms with Gasteiger partial charge in [0.15, 0.2) is 18.0 Å². The summed E-state index contributed by atoms with van der Waals surface area (Å²) in [6.07, 6.45) is -0.619. The van der Waals surface area contributed by atoms with Crippen molar-refractivity contribution >= 4 is 11.9 Å². The summed E-state index contributed by atoms with van der Waals surface area (Å²) in [5.41, 5.74) is 0.152. The van der Waals surface area contributed by atoms with Gasteiger partial charge in [0.25, 0.3) is 0 Å². The molecule has 4 atom stereocenters. The number of carbonyl (C=O) groups is 2. The highest BCUT2D eigenvalue weighted by Gasteiger charge is 2.60. The Balaban J connectivity index is 2.27. The first-order chi connectivity index (χ1) is 11.2. The Kier molecular flexibility index (Phi) is 5.60. The molecule has 138 valence electrons. The van der Waals surface area contributed by atoms with Crippen molar-refractivity contribution in [3.8, 4) is 0 Å². The fourth-order valence-corrected chi connectivity index (χ4v) is 3.75. The van der Waals surface area contributed by atoms with Crippen LogP contribution < -0.4 is 0 Å². The van der Waals surface area contributed by atoms with Crippen LogP contribution >= 0.6 is 0 Å². The van der Waals surface area contributed by atoms with Crippen LogP contribution in [0.3, 0.4) is 0 Å². The van der Waals surface area contributed by atoms with E-state index in [0.717, 1.165) is 6.42 Å². The average Bonchev–Trinajstić information content (AvgIpc) is 2.87. The summed E-state index contributed by atoms with van der Waals surface area (Å²) in [6.45, 7) is 12.5. The molecule has 0 bridgehead atoms. The zero-order valence-electron chi connectivity index (χ0n) is 15.6. The summed E-state index contributed by atoms with van der Waals surface area (Å²) in [6, 6.07) is 0. The highest BCUT2D eigenvalue weighted by Crippen LogP contribution is 2.53. The van der Waals surface area contributed by atoms with E-state index in [0.29, 0.717) is 12.3 Å². The molecule has 0 aromatic heterocycles. The molecule has 0 radical (unpaired) electrons. The largest absolute Gasteiger partial charge is 0.464 e. The molecule has 0 aromatic rings. The molecular formula is C18H30O6. The lowest BCUT2D eigenvalue weighted by Crippen LogP contribution is -2.49. The van der Waals surface area contributed by atoms with E-state index in [4.69, 9.17) is 18.9 Å². The van der Waals surface area contributed by atoms with Crippen LogP contribution in [0.5, 0.6) is 0 Å². The molecule has 2 fully saturated rings. The summed E-state index contributed by atoms with van der Waals surface area (Å²) in [7, 11) is 0. The molecule has 0 amide bonds. The summed E-state index contributed by atoms with van der Waals surface area (Å²) in [4.78, 5) is 24.5. The molecule has 1 aliphatic carbocycles. The molecule has 0 N–H and O–H groups in total. The standard InChI is InChI=1S/C18H30O6/c1-7-21-15(19)13-14(16(20)22-8-2)24-18(23-13)10-11(3)17(5,6)9-12(18)4/h11-14H,7-10H2,1-6H3/t11-,12+,13-,14-/m0/s1. The van der Waals surface area contributed by atoms with E-state index in [1.54, 1.807) is 13.8 Å². The van der Waals surface area contributed by atoms with Gasteiger partial charge in [0.2, 0.25) is 0 Å². The average molecular weight is 342 g/mol. The highest BCUT2D eigenvalue weighted by atomic mass is 16.8. The first kappa shape index (κ1) is 19.2. The Morgan fingerprint density at radius 3 is 1.79 bits per heavy atom. The third-order valence-electron chi connectivity index (χ3n) is 5.47. The molecule has 1 saturated carbocycles. The smallest absolute Gasteiger partial charge is 0.338 e. The van der Waals surface area contributed by atoms with Crippen LogP contribution in [-0.4, -0.2) is 43.1 Å². The highest BCUT2D eigenvalue weighted by molar-refractivity contribution is 5.86. The van der Waals surface area contributed by atoms with E-state index >= 15 is 0 Å². The minimum atomic E-state index is -1.07. The third-order valence-corrected chi connectivity index (χ3v) is 5.47. The predicted octanol–water partition coefficient (Wildman–Crippen LogP) is 2.69. The summed E-state index contributed by atoms with van der Waals surface area (Å²) >= 11 is 0. The Hall–Kier alpha value is -1.14. The Labute approximate surface area is 144 Å². The minimum Gasteiger partial charge on any atom is -0.464 e. The van der Waals surface area contributed by atoms with Crippen LogP contribution in [-0.2, 0) is 28.5 Å². The molecule has 1 saturated heterocycles. The second kappa shape index (κ2) is 7.00. The zero-order valence-corrected chi connectivity index (χ0v) is 15.6. The van der Waals surface area contributed by atoms with Gasteiger partial charge < -0.3 is 18.9 Å². The Morgan fingerprint density at radius 1 is 0.917 bits per heavy atom. The molecule has 0 unspecified atom stereocenters. The van der Waals surface area contributed by atoms with Crippen LogP contribution in [0.1, 0.15) is 54.4 Å². The van der Waals surface area contributed by atoms with Gasteiger partial charge in [-0.25, -0.2) is 9.59 Å². The van der Waals surface area contributed by atoms with Gasteiger partial charge in [0, 0.05) is 12.3 Å². The van der Waals surface area contributed by atoms with Crippen LogP contribution in [0.15, 0.2) is 0 Å². The maximum absolute atomic E-state index is 12.3. The summed E-state index contributed by atoms with van der Waals surface area (Å²) in [5.74, 6) is -1.70. The fraction of sp³-hybridized carbons (Fsp3) is 0.889. The molecule has 1 spiro atoms. The van der Waals surface area contributed by atoms with Crippen molar-refractivity contribution in [2.75, 3.05) is 13.2 Å². The molecule has 6 nitrogen and oxygen atoms in total. The molecule has 1 aliphatic heterocycles. The molecule has 2 aliphatic rings. The van der Waals surface area contributed by atoms with Crippen LogP contribution in [0.25, 0.3) is 0 Å². The second-order valence-corrected chi connectivity index (χ2v) is 7.59. The van der Waals surface area contributed by atoms with Gasteiger partial charge in [-0.2, -0.15) is 0 Å². The molecule has 0 aromatic carbocycles. The van der Waals surface area contributed by atoms with Gasteiger partial charge >= 0.3 is 11.9 Å². The molecular weight excluding hydrogens is 312 g/mol. The quantitative estimate of drug-likeness (QED) is 0.732. The number of rotatable bonds is 4. The monoisotopic (exact) mass is 342 g/mol. The zero-order chi connectivity index (χ0) is 18.1. The third kappa shape index (κ3) is 3.45. The van der Waals surface area contributed by atoms with Crippen molar-refractivity contribution in [1.29, 1.82) is 0 Å². The number of carbonyl (C=O) groups excluding carboxylic acids is 2. The number of hydrogen-bond donors (Lipinski definition) is 0. The lowest BCUT2D eigenvalue weighted by atomic mass is 9.64. The molecule has 6 heteroatoms. The van der Waals surface area contributed by atoms with E-state index in [1.807, 2.05) is 6.92 Å². The van der Waals surface area contributed by atoms with Crippen molar-refractivity contribution < 1.29 is 28.5 Å². The van der Waals surface area contributed by atoms with E-state index < -0.39 is 29.9 Å². The van der Waals surface area contributed by atoms with Crippen molar-refractivity contribution in [2.45, 2.75) is 72.4 Å². The van der Waals surface area contributed by atoms with E-state index in [9.17, 15) is 9.59 Å². The lowest BCUT2D eigenvalue weighted by molar-refractivity contribution is -0.249.